The molecule has 1 nitrogen and oxygen atoms in total. The van der Waals surface area contributed by atoms with Gasteiger partial charge in [-0.25, -0.2) is 0 Å². The molecular formula is C12H26N+. The minimum absolute atomic E-state index is 0.559. The van der Waals surface area contributed by atoms with E-state index in [0.29, 0.717) is 5.41 Å². The van der Waals surface area contributed by atoms with E-state index in [-0.39, 0.29) is 0 Å². The van der Waals surface area contributed by atoms with Crippen LogP contribution in [0.25, 0.3) is 0 Å². The highest BCUT2D eigenvalue weighted by atomic mass is 15.4. The Morgan fingerprint density at radius 3 is 2.15 bits per heavy atom. The van der Waals surface area contributed by atoms with Gasteiger partial charge in [0.15, 0.2) is 0 Å². The molecular weight excluding hydrogens is 158 g/mol. The van der Waals surface area contributed by atoms with Crippen LogP contribution >= 0.6 is 0 Å². The molecule has 78 valence electrons. The summed E-state index contributed by atoms with van der Waals surface area (Å²) in [6.45, 7) is 17.4. The van der Waals surface area contributed by atoms with Gasteiger partial charge in [-0.3, -0.25) is 0 Å². The molecule has 0 saturated carbocycles. The normalized spacial score (nSPS) is 31.6. The summed E-state index contributed by atoms with van der Waals surface area (Å²) >= 11 is 0. The van der Waals surface area contributed by atoms with Crippen molar-refractivity contribution in [2.75, 3.05) is 26.2 Å². The van der Waals surface area contributed by atoms with Crippen molar-refractivity contribution in [3.05, 3.63) is 0 Å². The zero-order chi connectivity index (χ0) is 10.1. The number of rotatable bonds is 2. The quantitative estimate of drug-likeness (QED) is 0.579. The minimum atomic E-state index is 0.559. The molecule has 0 aromatic heterocycles. The number of hydrogen-bond donors (Lipinski definition) is 0. The van der Waals surface area contributed by atoms with Gasteiger partial charge in [-0.05, 0) is 20.3 Å². The molecule has 1 heteroatoms. The van der Waals surface area contributed by atoms with Crippen LogP contribution < -0.4 is 0 Å². The molecule has 0 amide bonds. The maximum atomic E-state index is 2.43. The van der Waals surface area contributed by atoms with E-state index in [0.717, 1.165) is 5.92 Å². The first-order valence-electron chi connectivity index (χ1n) is 5.78. The molecule has 0 aromatic carbocycles. The first-order valence-corrected chi connectivity index (χ1v) is 5.78. The smallest absolute Gasteiger partial charge is 0.0838 e. The third kappa shape index (κ3) is 2.46. The summed E-state index contributed by atoms with van der Waals surface area (Å²) in [5.41, 5.74) is 0.559. The Morgan fingerprint density at radius 2 is 1.77 bits per heavy atom. The number of nitrogens with zero attached hydrogens (tertiary/aromatic N) is 1. The van der Waals surface area contributed by atoms with Crippen LogP contribution in [0, 0.1) is 11.3 Å². The van der Waals surface area contributed by atoms with E-state index >= 15 is 0 Å². The number of piperidine rings is 1. The molecule has 1 aliphatic rings. The van der Waals surface area contributed by atoms with E-state index in [4.69, 9.17) is 0 Å². The second-order valence-corrected chi connectivity index (χ2v) is 5.79. The van der Waals surface area contributed by atoms with Crippen LogP contribution in [0.15, 0.2) is 0 Å². The summed E-state index contributed by atoms with van der Waals surface area (Å²) in [5.74, 6) is 0.906. The van der Waals surface area contributed by atoms with Gasteiger partial charge in [-0.15, -0.1) is 0 Å². The fourth-order valence-electron chi connectivity index (χ4n) is 3.41. The predicted octanol–water partition coefficient (Wildman–Crippen LogP) is 2.91. The molecule has 1 atom stereocenters. The number of hydrogen-bond acceptors (Lipinski definition) is 0. The van der Waals surface area contributed by atoms with Gasteiger partial charge < -0.3 is 4.48 Å². The van der Waals surface area contributed by atoms with E-state index in [1.165, 1.54) is 37.1 Å². The van der Waals surface area contributed by atoms with Crippen molar-refractivity contribution in [1.82, 2.24) is 0 Å². The van der Waals surface area contributed by atoms with Crippen molar-refractivity contribution in [1.29, 1.82) is 0 Å². The lowest BCUT2D eigenvalue weighted by atomic mass is 9.78. The fourth-order valence-corrected chi connectivity index (χ4v) is 3.41. The minimum Gasteiger partial charge on any atom is -0.323 e. The second kappa shape index (κ2) is 3.61. The molecule has 1 fully saturated rings. The summed E-state index contributed by atoms with van der Waals surface area (Å²) in [4.78, 5) is 0. The Hall–Kier alpha value is -0.0400. The summed E-state index contributed by atoms with van der Waals surface area (Å²) in [7, 11) is 0. The van der Waals surface area contributed by atoms with Gasteiger partial charge in [0.05, 0.1) is 26.2 Å². The highest BCUT2D eigenvalue weighted by Crippen LogP contribution is 2.35. The Bertz CT molecular complexity index is 168. The van der Waals surface area contributed by atoms with Gasteiger partial charge in [-0.1, -0.05) is 20.8 Å². The zero-order valence-corrected chi connectivity index (χ0v) is 10.1. The Morgan fingerprint density at radius 1 is 1.23 bits per heavy atom. The van der Waals surface area contributed by atoms with Gasteiger partial charge in [0.25, 0.3) is 0 Å². The van der Waals surface area contributed by atoms with Crippen molar-refractivity contribution in [2.45, 2.75) is 41.0 Å². The van der Waals surface area contributed by atoms with Gasteiger partial charge in [0.2, 0.25) is 0 Å². The third-order valence-corrected chi connectivity index (χ3v) is 3.71. The Labute approximate surface area is 83.7 Å². The molecule has 0 radical (unpaired) electrons. The van der Waals surface area contributed by atoms with Gasteiger partial charge >= 0.3 is 0 Å². The SMILES string of the molecule is CC[N+]1(CC)CC(C)CC(C)(C)C1. The molecule has 0 aromatic rings. The van der Waals surface area contributed by atoms with Crippen LogP contribution in [0.4, 0.5) is 0 Å². The first kappa shape index (κ1) is 11.0. The van der Waals surface area contributed by atoms with Crippen LogP contribution in [-0.2, 0) is 0 Å². The molecule has 1 saturated heterocycles. The van der Waals surface area contributed by atoms with Crippen LogP contribution in [0.3, 0.4) is 0 Å². The standard InChI is InChI=1S/C12H26N/c1-6-13(7-2)9-11(3)8-12(4,5)10-13/h11H,6-10H2,1-5H3/q+1. The maximum Gasteiger partial charge on any atom is 0.0838 e. The molecule has 1 heterocycles. The van der Waals surface area contributed by atoms with Crippen LogP contribution in [0.2, 0.25) is 0 Å². The van der Waals surface area contributed by atoms with Crippen molar-refractivity contribution >= 4 is 0 Å². The molecule has 1 unspecified atom stereocenters. The lowest BCUT2D eigenvalue weighted by molar-refractivity contribution is -0.939. The van der Waals surface area contributed by atoms with E-state index in [2.05, 4.69) is 34.6 Å². The number of likely N-dealkylation sites (tertiary alicyclic amines) is 1. The summed E-state index contributed by atoms with van der Waals surface area (Å²) in [6.07, 6.45) is 1.41. The van der Waals surface area contributed by atoms with Crippen molar-refractivity contribution in [3.63, 3.8) is 0 Å². The van der Waals surface area contributed by atoms with Gasteiger partial charge in [0.1, 0.15) is 0 Å². The average molecular weight is 184 g/mol. The average Bonchev–Trinajstić information content (AvgIpc) is 2.00. The molecule has 0 aliphatic carbocycles. The molecule has 0 N–H and O–H groups in total. The zero-order valence-electron chi connectivity index (χ0n) is 10.1. The monoisotopic (exact) mass is 184 g/mol. The van der Waals surface area contributed by atoms with Crippen LogP contribution in [0.5, 0.6) is 0 Å². The molecule has 13 heavy (non-hydrogen) atoms. The third-order valence-electron chi connectivity index (χ3n) is 3.71. The van der Waals surface area contributed by atoms with E-state index in [1.54, 1.807) is 0 Å². The largest absolute Gasteiger partial charge is 0.323 e. The topological polar surface area (TPSA) is 0 Å². The Kier molecular flexibility index (Phi) is 3.06. The molecule has 1 rings (SSSR count). The summed E-state index contributed by atoms with van der Waals surface area (Å²) in [5, 5.41) is 0. The lowest BCUT2D eigenvalue weighted by Gasteiger charge is -2.49. The first-order chi connectivity index (χ1) is 5.93. The van der Waals surface area contributed by atoms with Crippen molar-refractivity contribution < 1.29 is 4.48 Å². The van der Waals surface area contributed by atoms with E-state index < -0.39 is 0 Å². The summed E-state index contributed by atoms with van der Waals surface area (Å²) < 4.78 is 1.34. The van der Waals surface area contributed by atoms with Gasteiger partial charge in [-0.2, -0.15) is 0 Å². The lowest BCUT2D eigenvalue weighted by Crippen LogP contribution is -2.58. The van der Waals surface area contributed by atoms with Crippen LogP contribution in [0.1, 0.15) is 41.0 Å². The molecule has 0 spiro atoms. The second-order valence-electron chi connectivity index (χ2n) is 5.79. The molecule has 0 bridgehead atoms. The van der Waals surface area contributed by atoms with E-state index in [9.17, 15) is 0 Å². The highest BCUT2D eigenvalue weighted by Gasteiger charge is 2.40. The van der Waals surface area contributed by atoms with Gasteiger partial charge in [0, 0.05) is 11.3 Å². The number of quaternary nitrogens is 1. The maximum absolute atomic E-state index is 2.43. The fraction of sp³-hybridized carbons (Fsp3) is 1.00. The van der Waals surface area contributed by atoms with Crippen molar-refractivity contribution in [3.8, 4) is 0 Å². The molecule has 1 aliphatic heterocycles. The van der Waals surface area contributed by atoms with Crippen molar-refractivity contribution in [2.24, 2.45) is 11.3 Å². The Balaban J connectivity index is 2.76. The predicted molar refractivity (Wildman–Crippen MR) is 58.6 cm³/mol. The van der Waals surface area contributed by atoms with E-state index in [1.807, 2.05) is 0 Å². The highest BCUT2D eigenvalue weighted by molar-refractivity contribution is 4.76. The van der Waals surface area contributed by atoms with Crippen LogP contribution in [-0.4, -0.2) is 30.7 Å². The summed E-state index contributed by atoms with van der Waals surface area (Å²) in [6, 6.07) is 0.